The lowest BCUT2D eigenvalue weighted by Gasteiger charge is -2.34. The van der Waals surface area contributed by atoms with Crippen LogP contribution in [0, 0.1) is 5.92 Å². The van der Waals surface area contributed by atoms with Crippen molar-refractivity contribution >= 4 is 0 Å². The second kappa shape index (κ2) is 5.43. The number of hydrogen-bond donors (Lipinski definition) is 0. The van der Waals surface area contributed by atoms with E-state index < -0.39 is 0 Å². The topological polar surface area (TPSA) is 43.2 Å². The summed E-state index contributed by atoms with van der Waals surface area (Å²) in [5, 5.41) is 8.53. The highest BCUT2D eigenvalue weighted by Crippen LogP contribution is 2.35. The smallest absolute Gasteiger partial charge is 0.105 e. The van der Waals surface area contributed by atoms with Crippen LogP contribution in [0.4, 0.5) is 0 Å². The molecule has 1 saturated carbocycles. The zero-order valence-corrected chi connectivity index (χ0v) is 11.6. The van der Waals surface area contributed by atoms with E-state index in [0.29, 0.717) is 13.2 Å². The van der Waals surface area contributed by atoms with Gasteiger partial charge in [-0.1, -0.05) is 11.3 Å². The van der Waals surface area contributed by atoms with Gasteiger partial charge in [-0.3, -0.25) is 9.58 Å². The zero-order valence-electron chi connectivity index (χ0n) is 11.6. The summed E-state index contributed by atoms with van der Waals surface area (Å²) in [4.78, 5) is 2.53. The number of nitrogens with zero attached hydrogens (tertiary/aromatic N) is 4. The third kappa shape index (κ3) is 2.72. The van der Waals surface area contributed by atoms with E-state index in [9.17, 15) is 0 Å². The van der Waals surface area contributed by atoms with Crippen molar-refractivity contribution in [3.8, 4) is 0 Å². The normalized spacial score (nSPS) is 23.3. The molecule has 0 radical (unpaired) electrons. The molecule has 1 aromatic heterocycles. The molecule has 5 heteroatoms. The Balaban J connectivity index is 1.75. The minimum atomic E-state index is 0.262. The third-order valence-corrected chi connectivity index (χ3v) is 4.07. The summed E-state index contributed by atoms with van der Waals surface area (Å²) in [6, 6.07) is 0.262. The van der Waals surface area contributed by atoms with Crippen molar-refractivity contribution < 1.29 is 4.74 Å². The molecule has 2 heterocycles. The van der Waals surface area contributed by atoms with Gasteiger partial charge in [-0.15, -0.1) is 11.7 Å². The number of ether oxygens (including phenoxy) is 1. The maximum absolute atomic E-state index is 5.68. The predicted octanol–water partition coefficient (Wildman–Crippen LogP) is 1.33. The Morgan fingerprint density at radius 2 is 2.32 bits per heavy atom. The Kier molecular flexibility index (Phi) is 3.66. The van der Waals surface area contributed by atoms with Crippen LogP contribution in [-0.4, -0.2) is 46.2 Å². The van der Waals surface area contributed by atoms with Crippen molar-refractivity contribution in [2.24, 2.45) is 13.0 Å². The summed E-state index contributed by atoms with van der Waals surface area (Å²) in [5.41, 5.74) is 2.37. The molecule has 0 aromatic carbocycles. The van der Waals surface area contributed by atoms with Crippen molar-refractivity contribution in [2.45, 2.75) is 25.3 Å². The van der Waals surface area contributed by atoms with Gasteiger partial charge < -0.3 is 4.74 Å². The molecule has 1 fully saturated rings. The highest BCUT2D eigenvalue weighted by molar-refractivity contribution is 5.19. The third-order valence-electron chi connectivity index (χ3n) is 4.07. The van der Waals surface area contributed by atoms with Crippen LogP contribution in [0.15, 0.2) is 12.7 Å². The molecule has 19 heavy (non-hydrogen) atoms. The average molecular weight is 262 g/mol. The fourth-order valence-corrected chi connectivity index (χ4v) is 2.82. The van der Waals surface area contributed by atoms with E-state index in [1.54, 1.807) is 6.08 Å². The maximum atomic E-state index is 5.68. The highest BCUT2D eigenvalue weighted by Gasteiger charge is 2.35. The first-order chi connectivity index (χ1) is 9.29. The van der Waals surface area contributed by atoms with Crippen molar-refractivity contribution in [3.63, 3.8) is 0 Å². The standard InChI is InChI=1S/C14H22N4O/c1-3-8-19-10-13-14-12(17(2)16-15-14)6-7-18(13)9-11-4-5-11/h3,11,13H,1,4-10H2,2H3/t13-/m1/s1. The van der Waals surface area contributed by atoms with Crippen molar-refractivity contribution in [3.05, 3.63) is 24.0 Å². The molecule has 1 aromatic rings. The second-order valence-corrected chi connectivity index (χ2v) is 5.58. The number of aryl methyl sites for hydroxylation is 1. The quantitative estimate of drug-likeness (QED) is 0.573. The molecule has 0 spiro atoms. The molecule has 2 aliphatic rings. The van der Waals surface area contributed by atoms with E-state index in [4.69, 9.17) is 4.74 Å². The summed E-state index contributed by atoms with van der Waals surface area (Å²) in [7, 11) is 1.98. The number of fused-ring (bicyclic) bond motifs is 1. The monoisotopic (exact) mass is 262 g/mol. The van der Waals surface area contributed by atoms with Gasteiger partial charge in [0.2, 0.25) is 0 Å². The van der Waals surface area contributed by atoms with Crippen LogP contribution >= 0.6 is 0 Å². The summed E-state index contributed by atoms with van der Waals surface area (Å²) >= 11 is 0. The van der Waals surface area contributed by atoms with Gasteiger partial charge in [0.15, 0.2) is 0 Å². The first kappa shape index (κ1) is 12.8. The lowest BCUT2D eigenvalue weighted by Crippen LogP contribution is -2.39. The molecular weight excluding hydrogens is 240 g/mol. The predicted molar refractivity (Wildman–Crippen MR) is 72.8 cm³/mol. The highest BCUT2D eigenvalue weighted by atomic mass is 16.5. The Bertz CT molecular complexity index is 452. The van der Waals surface area contributed by atoms with Gasteiger partial charge >= 0.3 is 0 Å². The molecular formula is C14H22N4O. The van der Waals surface area contributed by atoms with Gasteiger partial charge in [0.1, 0.15) is 5.69 Å². The molecule has 0 amide bonds. The zero-order chi connectivity index (χ0) is 13.2. The van der Waals surface area contributed by atoms with E-state index in [1.807, 2.05) is 11.7 Å². The summed E-state index contributed by atoms with van der Waals surface area (Å²) in [6.45, 7) is 7.25. The SMILES string of the molecule is C=CCOC[C@@H]1c2nnn(C)c2CCN1CC1CC1. The molecule has 5 nitrogen and oxygen atoms in total. The molecule has 1 atom stereocenters. The van der Waals surface area contributed by atoms with Gasteiger partial charge in [0, 0.05) is 26.6 Å². The minimum Gasteiger partial charge on any atom is -0.375 e. The van der Waals surface area contributed by atoms with E-state index in [-0.39, 0.29) is 6.04 Å². The Hall–Kier alpha value is -1.20. The minimum absolute atomic E-state index is 0.262. The number of rotatable bonds is 6. The summed E-state index contributed by atoms with van der Waals surface area (Å²) < 4.78 is 7.59. The largest absolute Gasteiger partial charge is 0.375 e. The lowest BCUT2D eigenvalue weighted by atomic mass is 10.0. The summed E-state index contributed by atoms with van der Waals surface area (Å²) in [5.74, 6) is 0.889. The van der Waals surface area contributed by atoms with E-state index in [2.05, 4.69) is 21.8 Å². The van der Waals surface area contributed by atoms with Gasteiger partial charge in [0.25, 0.3) is 0 Å². The van der Waals surface area contributed by atoms with Gasteiger partial charge in [-0.25, -0.2) is 0 Å². The maximum Gasteiger partial charge on any atom is 0.105 e. The molecule has 104 valence electrons. The molecule has 1 aliphatic heterocycles. The van der Waals surface area contributed by atoms with Crippen LogP contribution < -0.4 is 0 Å². The molecule has 0 bridgehead atoms. The first-order valence-electron chi connectivity index (χ1n) is 7.10. The average Bonchev–Trinajstić information content (AvgIpc) is 3.15. The Morgan fingerprint density at radius 3 is 3.05 bits per heavy atom. The molecule has 0 unspecified atom stereocenters. The molecule has 0 saturated heterocycles. The Labute approximate surface area is 114 Å². The fraction of sp³-hybridized carbons (Fsp3) is 0.714. The van der Waals surface area contributed by atoms with E-state index in [1.165, 1.54) is 25.1 Å². The van der Waals surface area contributed by atoms with Gasteiger partial charge in [-0.2, -0.15) is 0 Å². The van der Waals surface area contributed by atoms with E-state index in [0.717, 1.165) is 24.6 Å². The van der Waals surface area contributed by atoms with Crippen LogP contribution in [0.1, 0.15) is 30.3 Å². The van der Waals surface area contributed by atoms with Crippen molar-refractivity contribution in [2.75, 3.05) is 26.3 Å². The molecule has 0 N–H and O–H groups in total. The van der Waals surface area contributed by atoms with Crippen LogP contribution in [-0.2, 0) is 18.2 Å². The molecule has 1 aliphatic carbocycles. The van der Waals surface area contributed by atoms with Crippen LogP contribution in [0.3, 0.4) is 0 Å². The van der Waals surface area contributed by atoms with Crippen LogP contribution in [0.2, 0.25) is 0 Å². The number of aromatic nitrogens is 3. The van der Waals surface area contributed by atoms with Crippen molar-refractivity contribution in [1.82, 2.24) is 19.9 Å². The van der Waals surface area contributed by atoms with Gasteiger partial charge in [-0.05, 0) is 18.8 Å². The lowest BCUT2D eigenvalue weighted by molar-refractivity contribution is 0.0616. The number of hydrogen-bond acceptors (Lipinski definition) is 4. The van der Waals surface area contributed by atoms with Gasteiger partial charge in [0.05, 0.1) is 24.9 Å². The summed E-state index contributed by atoms with van der Waals surface area (Å²) in [6.07, 6.45) is 5.60. The Morgan fingerprint density at radius 1 is 1.47 bits per heavy atom. The van der Waals surface area contributed by atoms with E-state index >= 15 is 0 Å². The molecule has 3 rings (SSSR count). The van der Waals surface area contributed by atoms with Crippen LogP contribution in [0.25, 0.3) is 0 Å². The first-order valence-corrected chi connectivity index (χ1v) is 7.10. The fourth-order valence-electron chi connectivity index (χ4n) is 2.82. The van der Waals surface area contributed by atoms with Crippen molar-refractivity contribution in [1.29, 1.82) is 0 Å². The second-order valence-electron chi connectivity index (χ2n) is 5.58. The van der Waals surface area contributed by atoms with Crippen LogP contribution in [0.5, 0.6) is 0 Å².